The van der Waals surface area contributed by atoms with Crippen molar-refractivity contribution in [2.75, 3.05) is 19.7 Å². The van der Waals surface area contributed by atoms with Gasteiger partial charge in [-0.3, -0.25) is 0 Å². The smallest absolute Gasteiger partial charge is 0.427 e. The van der Waals surface area contributed by atoms with Crippen LogP contribution in [0.4, 0.5) is 0 Å². The highest BCUT2D eigenvalue weighted by molar-refractivity contribution is 6.47. The molecule has 0 bridgehead atoms. The first-order valence-electron chi connectivity index (χ1n) is 4.38. The Morgan fingerprint density at radius 3 is 2.55 bits per heavy atom. The van der Waals surface area contributed by atoms with Crippen molar-refractivity contribution in [3.63, 3.8) is 0 Å². The highest BCUT2D eigenvalue weighted by Crippen LogP contribution is 2.34. The number of hydrogen-bond donors (Lipinski definition) is 2. The van der Waals surface area contributed by atoms with E-state index in [1.54, 1.807) is 0 Å². The van der Waals surface area contributed by atoms with Crippen molar-refractivity contribution in [3.8, 4) is 0 Å². The molecule has 2 aliphatic heterocycles. The van der Waals surface area contributed by atoms with Crippen LogP contribution in [0.3, 0.4) is 0 Å². The predicted octanol–water partition coefficient (Wildman–Crippen LogP) is -0.133. The fourth-order valence-corrected chi connectivity index (χ4v) is 1.93. The molecule has 1 atom stereocenters. The third kappa shape index (κ3) is 1.43. The van der Waals surface area contributed by atoms with Gasteiger partial charge in [0, 0.05) is 12.4 Å². The van der Waals surface area contributed by atoms with Crippen LogP contribution in [0.2, 0.25) is 5.82 Å². The summed E-state index contributed by atoms with van der Waals surface area (Å²) in [4.78, 5) is 0. The first kappa shape index (κ1) is 7.59. The third-order valence-electron chi connectivity index (χ3n) is 2.82. The maximum atomic E-state index is 9.22. The lowest BCUT2D eigenvalue weighted by molar-refractivity contribution is 0.124. The Balaban J connectivity index is 1.83. The molecule has 2 heterocycles. The van der Waals surface area contributed by atoms with Crippen molar-refractivity contribution < 1.29 is 9.68 Å². The molecule has 0 saturated carbocycles. The van der Waals surface area contributed by atoms with Crippen LogP contribution < -0.4 is 5.32 Å². The van der Waals surface area contributed by atoms with E-state index in [-0.39, 0.29) is 0 Å². The number of rotatable bonds is 1. The first-order valence-corrected chi connectivity index (χ1v) is 4.38. The third-order valence-corrected chi connectivity index (χ3v) is 2.82. The zero-order chi connectivity index (χ0) is 7.68. The van der Waals surface area contributed by atoms with Gasteiger partial charge in [-0.1, -0.05) is 0 Å². The minimum atomic E-state index is -0.460. The van der Waals surface area contributed by atoms with Gasteiger partial charge in [-0.2, -0.15) is 0 Å². The van der Waals surface area contributed by atoms with Crippen molar-refractivity contribution in [2.45, 2.75) is 18.7 Å². The second-order valence-corrected chi connectivity index (χ2v) is 3.48. The van der Waals surface area contributed by atoms with Crippen LogP contribution in [0, 0.1) is 5.92 Å². The molecule has 0 aromatic carbocycles. The van der Waals surface area contributed by atoms with Crippen molar-refractivity contribution in [3.05, 3.63) is 0 Å². The van der Waals surface area contributed by atoms with Gasteiger partial charge >= 0.3 is 7.12 Å². The van der Waals surface area contributed by atoms with Crippen molar-refractivity contribution in [2.24, 2.45) is 5.92 Å². The highest BCUT2D eigenvalue weighted by Gasteiger charge is 2.42. The van der Waals surface area contributed by atoms with Crippen LogP contribution in [-0.2, 0) is 4.65 Å². The van der Waals surface area contributed by atoms with Crippen molar-refractivity contribution in [1.82, 2.24) is 5.32 Å². The molecule has 0 aliphatic carbocycles. The summed E-state index contributed by atoms with van der Waals surface area (Å²) >= 11 is 0. The molecule has 0 amide bonds. The summed E-state index contributed by atoms with van der Waals surface area (Å²) < 4.78 is 4.93. The van der Waals surface area contributed by atoms with E-state index in [4.69, 9.17) is 4.65 Å². The molecule has 11 heavy (non-hydrogen) atoms. The lowest BCUT2D eigenvalue weighted by atomic mass is 9.59. The maximum Gasteiger partial charge on any atom is 0.460 e. The second-order valence-electron chi connectivity index (χ2n) is 3.48. The Morgan fingerprint density at radius 2 is 2.09 bits per heavy atom. The quantitative estimate of drug-likeness (QED) is 0.518. The molecule has 0 aromatic rings. The maximum absolute atomic E-state index is 9.22. The average Bonchev–Trinajstić information content (AvgIpc) is 2.04. The summed E-state index contributed by atoms with van der Waals surface area (Å²) in [7, 11) is -0.460. The molecule has 1 unspecified atom stereocenters. The Bertz CT molecular complexity index is 138. The van der Waals surface area contributed by atoms with E-state index >= 15 is 0 Å². The van der Waals surface area contributed by atoms with Gasteiger partial charge < -0.3 is 15.0 Å². The van der Waals surface area contributed by atoms with E-state index < -0.39 is 7.12 Å². The molecule has 4 heteroatoms. The van der Waals surface area contributed by atoms with Crippen LogP contribution in [0.1, 0.15) is 12.8 Å². The SMILES string of the molecule is OB1OCC1C1CCNCC1. The zero-order valence-corrected chi connectivity index (χ0v) is 6.62. The Morgan fingerprint density at radius 1 is 1.36 bits per heavy atom. The lowest BCUT2D eigenvalue weighted by Gasteiger charge is -2.37. The van der Waals surface area contributed by atoms with E-state index in [1.807, 2.05) is 0 Å². The highest BCUT2D eigenvalue weighted by atomic mass is 16.5. The minimum Gasteiger partial charge on any atom is -0.427 e. The Hall–Kier alpha value is -0.0551. The van der Waals surface area contributed by atoms with Crippen LogP contribution in [0.5, 0.6) is 0 Å². The van der Waals surface area contributed by atoms with Crippen LogP contribution in [0.25, 0.3) is 0 Å². The minimum absolute atomic E-state index is 0.428. The second kappa shape index (κ2) is 3.13. The zero-order valence-electron chi connectivity index (χ0n) is 6.62. The standard InChI is InChI=1S/C7H14BNO2/c10-8-7(5-11-8)6-1-3-9-4-2-6/h6-7,9-10H,1-5H2. The van der Waals surface area contributed by atoms with E-state index in [0.717, 1.165) is 19.7 Å². The first-order chi connectivity index (χ1) is 5.38. The summed E-state index contributed by atoms with van der Waals surface area (Å²) in [5.74, 6) is 1.12. The van der Waals surface area contributed by atoms with Gasteiger partial charge in [0.2, 0.25) is 0 Å². The molecular weight excluding hydrogens is 141 g/mol. The normalized spacial score (nSPS) is 33.5. The summed E-state index contributed by atoms with van der Waals surface area (Å²) in [6.45, 7) is 2.98. The van der Waals surface area contributed by atoms with E-state index in [2.05, 4.69) is 5.32 Å². The molecule has 0 spiro atoms. The Labute approximate surface area is 67.3 Å². The molecule has 2 rings (SSSR count). The fraction of sp³-hybridized carbons (Fsp3) is 1.00. The molecule has 2 fully saturated rings. The molecule has 3 nitrogen and oxygen atoms in total. The van der Waals surface area contributed by atoms with Crippen molar-refractivity contribution >= 4 is 7.12 Å². The molecule has 2 aliphatic rings. The van der Waals surface area contributed by atoms with Gasteiger partial charge in [-0.25, -0.2) is 0 Å². The van der Waals surface area contributed by atoms with Crippen LogP contribution in [-0.4, -0.2) is 31.8 Å². The van der Waals surface area contributed by atoms with Crippen LogP contribution >= 0.6 is 0 Å². The van der Waals surface area contributed by atoms with E-state index in [1.165, 1.54) is 12.8 Å². The van der Waals surface area contributed by atoms with Gasteiger partial charge in [0.1, 0.15) is 0 Å². The molecule has 2 N–H and O–H groups in total. The number of piperidine rings is 1. The van der Waals surface area contributed by atoms with Gasteiger partial charge in [0.05, 0.1) is 0 Å². The molecule has 62 valence electrons. The summed E-state index contributed by atoms with van der Waals surface area (Å²) in [5, 5.41) is 12.5. The summed E-state index contributed by atoms with van der Waals surface area (Å²) in [6.07, 6.45) is 2.40. The average molecular weight is 155 g/mol. The summed E-state index contributed by atoms with van der Waals surface area (Å²) in [6, 6.07) is 0. The summed E-state index contributed by atoms with van der Waals surface area (Å²) in [5.41, 5.74) is 0. The number of hydrogen-bond acceptors (Lipinski definition) is 3. The molecule has 2 saturated heterocycles. The molecular formula is C7H14BNO2. The Kier molecular flexibility index (Phi) is 2.16. The van der Waals surface area contributed by atoms with Gasteiger partial charge in [-0.05, 0) is 31.8 Å². The van der Waals surface area contributed by atoms with Gasteiger partial charge in [0.15, 0.2) is 0 Å². The van der Waals surface area contributed by atoms with Crippen LogP contribution in [0.15, 0.2) is 0 Å². The van der Waals surface area contributed by atoms with Gasteiger partial charge in [0.25, 0.3) is 0 Å². The van der Waals surface area contributed by atoms with E-state index in [0.29, 0.717) is 11.7 Å². The topological polar surface area (TPSA) is 41.5 Å². The monoisotopic (exact) mass is 155 g/mol. The molecule has 0 aromatic heterocycles. The fourth-order valence-electron chi connectivity index (χ4n) is 1.93. The van der Waals surface area contributed by atoms with Crippen molar-refractivity contribution in [1.29, 1.82) is 0 Å². The lowest BCUT2D eigenvalue weighted by Crippen LogP contribution is -2.46. The molecule has 0 radical (unpaired) electrons. The largest absolute Gasteiger partial charge is 0.460 e. The number of nitrogens with one attached hydrogen (secondary N) is 1. The predicted molar refractivity (Wildman–Crippen MR) is 43.3 cm³/mol. The van der Waals surface area contributed by atoms with E-state index in [9.17, 15) is 5.02 Å². The van der Waals surface area contributed by atoms with Gasteiger partial charge in [-0.15, -0.1) is 0 Å².